The fraction of sp³-hybridized carbons (Fsp3) is 0. The first kappa shape index (κ1) is 13.0. The quantitative estimate of drug-likeness (QED) is 0.537. The van der Waals surface area contributed by atoms with Gasteiger partial charge in [0.15, 0.2) is 5.65 Å². The van der Waals surface area contributed by atoms with E-state index in [-0.39, 0.29) is 0 Å². The lowest BCUT2D eigenvalue weighted by molar-refractivity contribution is 0.943. The highest BCUT2D eigenvalue weighted by Crippen LogP contribution is 2.29. The van der Waals surface area contributed by atoms with E-state index in [9.17, 15) is 0 Å². The maximum absolute atomic E-state index is 4.64. The zero-order valence-electron chi connectivity index (χ0n) is 12.7. The molecular formula is C19H13N5. The second-order valence-corrected chi connectivity index (χ2v) is 5.64. The van der Waals surface area contributed by atoms with Crippen molar-refractivity contribution in [2.75, 3.05) is 0 Å². The summed E-state index contributed by atoms with van der Waals surface area (Å²) in [4.78, 5) is 12.0. The molecule has 0 saturated heterocycles. The van der Waals surface area contributed by atoms with Gasteiger partial charge in [-0.2, -0.15) is 5.10 Å². The minimum absolute atomic E-state index is 0.835. The van der Waals surface area contributed by atoms with Crippen LogP contribution in [0, 0.1) is 0 Å². The van der Waals surface area contributed by atoms with Crippen LogP contribution in [0.2, 0.25) is 0 Å². The molecule has 0 amide bonds. The number of imidazole rings is 1. The number of pyridine rings is 1. The van der Waals surface area contributed by atoms with E-state index in [1.165, 1.54) is 0 Å². The van der Waals surface area contributed by atoms with Gasteiger partial charge in [-0.3, -0.25) is 0 Å². The molecule has 114 valence electrons. The van der Waals surface area contributed by atoms with Gasteiger partial charge in [-0.05, 0) is 23.8 Å². The predicted octanol–water partition coefficient (Wildman–Crippen LogP) is 3.94. The number of hydrogen-bond acceptors (Lipinski definition) is 3. The maximum Gasteiger partial charge on any atom is 0.153 e. The van der Waals surface area contributed by atoms with Crippen LogP contribution in [-0.4, -0.2) is 24.6 Å². The fourth-order valence-electron chi connectivity index (χ4n) is 2.96. The van der Waals surface area contributed by atoms with Crippen molar-refractivity contribution in [3.63, 3.8) is 0 Å². The van der Waals surface area contributed by atoms with Crippen molar-refractivity contribution in [1.29, 1.82) is 0 Å². The largest absolute Gasteiger partial charge is 0.345 e. The van der Waals surface area contributed by atoms with Gasteiger partial charge in [0.05, 0.1) is 5.69 Å². The summed E-state index contributed by atoms with van der Waals surface area (Å²) in [7, 11) is 0. The van der Waals surface area contributed by atoms with E-state index in [1.807, 2.05) is 48.9 Å². The Kier molecular flexibility index (Phi) is 2.72. The van der Waals surface area contributed by atoms with E-state index in [0.717, 1.165) is 39.1 Å². The molecule has 0 aliphatic heterocycles. The number of fused-ring (bicyclic) bond motifs is 2. The number of hydrogen-bond donors (Lipinski definition) is 1. The molecule has 1 aromatic carbocycles. The molecule has 5 aromatic rings. The predicted molar refractivity (Wildman–Crippen MR) is 93.5 cm³/mol. The number of H-pyrrole nitrogens is 1. The summed E-state index contributed by atoms with van der Waals surface area (Å²) in [6, 6.07) is 16.4. The van der Waals surface area contributed by atoms with E-state index in [2.05, 4.69) is 38.2 Å². The van der Waals surface area contributed by atoms with Gasteiger partial charge in [0, 0.05) is 41.3 Å². The second-order valence-electron chi connectivity index (χ2n) is 5.64. The summed E-state index contributed by atoms with van der Waals surface area (Å²) in [6.07, 6.45) is 7.44. The van der Waals surface area contributed by atoms with Gasteiger partial charge in [0.2, 0.25) is 0 Å². The van der Waals surface area contributed by atoms with Crippen LogP contribution in [0.4, 0.5) is 0 Å². The molecule has 0 aliphatic rings. The Labute approximate surface area is 137 Å². The summed E-state index contributed by atoms with van der Waals surface area (Å²) in [5, 5.41) is 5.70. The smallest absolute Gasteiger partial charge is 0.153 e. The summed E-state index contributed by atoms with van der Waals surface area (Å²) in [5.74, 6) is 0. The van der Waals surface area contributed by atoms with Gasteiger partial charge in [0.1, 0.15) is 5.65 Å². The molecule has 0 unspecified atom stereocenters. The summed E-state index contributed by atoms with van der Waals surface area (Å²) >= 11 is 0. The summed E-state index contributed by atoms with van der Waals surface area (Å²) < 4.78 is 1.78. The van der Waals surface area contributed by atoms with Crippen LogP contribution in [0.1, 0.15) is 0 Å². The molecule has 0 saturated carbocycles. The number of aromatic amines is 1. The molecular weight excluding hydrogens is 298 g/mol. The number of rotatable bonds is 2. The molecule has 5 rings (SSSR count). The number of benzene rings is 1. The average molecular weight is 311 g/mol. The molecule has 5 heteroatoms. The molecule has 24 heavy (non-hydrogen) atoms. The third-order valence-corrected chi connectivity index (χ3v) is 4.17. The molecule has 1 N–H and O–H groups in total. The van der Waals surface area contributed by atoms with Crippen molar-refractivity contribution < 1.29 is 0 Å². The Balaban J connectivity index is 1.71. The number of nitrogens with zero attached hydrogens (tertiary/aromatic N) is 4. The van der Waals surface area contributed by atoms with Gasteiger partial charge in [-0.25, -0.2) is 14.5 Å². The topological polar surface area (TPSA) is 58.9 Å². The van der Waals surface area contributed by atoms with Gasteiger partial charge in [-0.15, -0.1) is 0 Å². The van der Waals surface area contributed by atoms with Gasteiger partial charge < -0.3 is 4.98 Å². The van der Waals surface area contributed by atoms with Gasteiger partial charge in [0.25, 0.3) is 0 Å². The standard InChI is InChI=1S/C19H13N5/c1-2-4-13(5-3-1)14-10-15-16(12-22-19(15)21-11-14)17-6-7-18-20-8-9-24(18)23-17/h1-12H,(H,21,22). The van der Waals surface area contributed by atoms with Crippen LogP contribution in [-0.2, 0) is 0 Å². The highest BCUT2D eigenvalue weighted by atomic mass is 15.2. The second kappa shape index (κ2) is 5.03. The van der Waals surface area contributed by atoms with Crippen molar-refractivity contribution in [2.24, 2.45) is 0 Å². The molecule has 0 bridgehead atoms. The zero-order valence-corrected chi connectivity index (χ0v) is 12.7. The van der Waals surface area contributed by atoms with Gasteiger partial charge in [-0.1, -0.05) is 30.3 Å². The first-order valence-electron chi connectivity index (χ1n) is 7.72. The van der Waals surface area contributed by atoms with Crippen LogP contribution < -0.4 is 0 Å². The third-order valence-electron chi connectivity index (χ3n) is 4.17. The summed E-state index contributed by atoms with van der Waals surface area (Å²) in [6.45, 7) is 0. The highest BCUT2D eigenvalue weighted by molar-refractivity contribution is 5.94. The van der Waals surface area contributed by atoms with Crippen molar-refractivity contribution in [2.45, 2.75) is 0 Å². The molecule has 0 radical (unpaired) electrons. The third kappa shape index (κ3) is 1.99. The van der Waals surface area contributed by atoms with E-state index >= 15 is 0 Å². The monoisotopic (exact) mass is 311 g/mol. The van der Waals surface area contributed by atoms with Crippen LogP contribution >= 0.6 is 0 Å². The lowest BCUT2D eigenvalue weighted by Crippen LogP contribution is -1.92. The Hall–Kier alpha value is -3.47. The van der Waals surface area contributed by atoms with Crippen LogP contribution in [0.5, 0.6) is 0 Å². The molecule has 4 aromatic heterocycles. The normalized spacial score (nSPS) is 11.3. The summed E-state index contributed by atoms with van der Waals surface area (Å²) in [5.41, 5.74) is 5.85. The number of aromatic nitrogens is 5. The Bertz CT molecular complexity index is 1150. The average Bonchev–Trinajstić information content (AvgIpc) is 3.27. The molecule has 5 nitrogen and oxygen atoms in total. The van der Waals surface area contributed by atoms with Crippen molar-refractivity contribution in [3.8, 4) is 22.4 Å². The minimum atomic E-state index is 0.835. The Morgan fingerprint density at radius 2 is 1.83 bits per heavy atom. The SMILES string of the molecule is c1ccc(-c2cnc3[nH]cc(-c4ccc5nccn5n4)c3c2)cc1. The maximum atomic E-state index is 4.64. The van der Waals surface area contributed by atoms with Crippen LogP contribution in [0.15, 0.2) is 73.3 Å². The van der Waals surface area contributed by atoms with E-state index in [1.54, 1.807) is 10.7 Å². The van der Waals surface area contributed by atoms with E-state index < -0.39 is 0 Å². The zero-order chi connectivity index (χ0) is 15.9. The highest BCUT2D eigenvalue weighted by Gasteiger charge is 2.11. The minimum Gasteiger partial charge on any atom is -0.345 e. The van der Waals surface area contributed by atoms with Crippen molar-refractivity contribution in [1.82, 2.24) is 24.6 Å². The van der Waals surface area contributed by atoms with Crippen molar-refractivity contribution in [3.05, 3.63) is 73.3 Å². The van der Waals surface area contributed by atoms with Crippen LogP contribution in [0.3, 0.4) is 0 Å². The Morgan fingerprint density at radius 1 is 0.917 bits per heavy atom. The van der Waals surface area contributed by atoms with Crippen LogP contribution in [0.25, 0.3) is 39.1 Å². The lowest BCUT2D eigenvalue weighted by Gasteiger charge is -2.03. The van der Waals surface area contributed by atoms with Crippen molar-refractivity contribution >= 4 is 16.7 Å². The molecule has 4 heterocycles. The number of nitrogens with one attached hydrogen (secondary N) is 1. The lowest BCUT2D eigenvalue weighted by atomic mass is 10.0. The molecule has 0 atom stereocenters. The molecule has 0 spiro atoms. The van der Waals surface area contributed by atoms with E-state index in [4.69, 9.17) is 0 Å². The van der Waals surface area contributed by atoms with E-state index in [0.29, 0.717) is 0 Å². The molecule has 0 aliphatic carbocycles. The Morgan fingerprint density at radius 3 is 2.75 bits per heavy atom. The first-order valence-corrected chi connectivity index (χ1v) is 7.72. The van der Waals surface area contributed by atoms with Gasteiger partial charge >= 0.3 is 0 Å². The fourth-order valence-corrected chi connectivity index (χ4v) is 2.96. The first-order chi connectivity index (χ1) is 11.9. The molecule has 0 fully saturated rings.